The highest BCUT2D eigenvalue weighted by molar-refractivity contribution is 6.15. The van der Waals surface area contributed by atoms with Gasteiger partial charge in [-0.05, 0) is 83.9 Å². The Morgan fingerprint density at radius 2 is 0.953 bits per heavy atom. The molecule has 13 rings (SSSR count). The van der Waals surface area contributed by atoms with Crippen molar-refractivity contribution < 1.29 is 9.15 Å². The number of nitrogens with zero attached hydrogens (tertiary/aromatic N) is 5. The summed E-state index contributed by atoms with van der Waals surface area (Å²) >= 11 is 0. The SMILES string of the molecule is c1ccc(-c2nc(-c3ccccc3)nc(-c3cccc4oc5ccc(-c6ccc7c(c6)c6cc8c(cc6n7-c6ccccc6)Oc6ccccc6N8c6ccccc6)cc5c34)n2)cc1. The molecule has 4 heterocycles. The number of hydrogen-bond acceptors (Lipinski definition) is 6. The van der Waals surface area contributed by atoms with E-state index in [1.807, 2.05) is 84.9 Å². The number of furan rings is 1. The number of benzene rings is 9. The summed E-state index contributed by atoms with van der Waals surface area (Å²) in [6.07, 6.45) is 0. The smallest absolute Gasteiger partial charge is 0.164 e. The van der Waals surface area contributed by atoms with Gasteiger partial charge in [-0.25, -0.2) is 15.0 Å². The van der Waals surface area contributed by atoms with Crippen LogP contribution in [0.15, 0.2) is 217 Å². The first-order valence-electron chi connectivity index (χ1n) is 21.3. The minimum absolute atomic E-state index is 0.584. The van der Waals surface area contributed by atoms with Gasteiger partial charge < -0.3 is 18.6 Å². The second-order valence-electron chi connectivity index (χ2n) is 16.0. The zero-order valence-corrected chi connectivity index (χ0v) is 34.3. The van der Waals surface area contributed by atoms with Crippen LogP contribution in [0.25, 0.3) is 94.7 Å². The summed E-state index contributed by atoms with van der Waals surface area (Å²) in [7, 11) is 0. The Morgan fingerprint density at radius 3 is 1.67 bits per heavy atom. The number of hydrogen-bond donors (Lipinski definition) is 0. The lowest BCUT2D eigenvalue weighted by Gasteiger charge is -2.33. The molecule has 0 radical (unpaired) electrons. The molecule has 0 bridgehead atoms. The third kappa shape index (κ3) is 5.79. The van der Waals surface area contributed by atoms with E-state index in [1.54, 1.807) is 0 Å². The first-order valence-corrected chi connectivity index (χ1v) is 21.3. The van der Waals surface area contributed by atoms with Gasteiger partial charge >= 0.3 is 0 Å². The molecule has 9 aromatic carbocycles. The van der Waals surface area contributed by atoms with Crippen LogP contribution in [0, 0.1) is 0 Å². The van der Waals surface area contributed by atoms with Crippen LogP contribution >= 0.6 is 0 Å². The number of anilines is 3. The van der Waals surface area contributed by atoms with Crippen molar-refractivity contribution in [2.45, 2.75) is 0 Å². The number of fused-ring (bicyclic) bond motifs is 8. The number of aromatic nitrogens is 4. The Balaban J connectivity index is 1.00. The van der Waals surface area contributed by atoms with Crippen molar-refractivity contribution in [2.24, 2.45) is 0 Å². The fourth-order valence-electron chi connectivity index (χ4n) is 9.28. The van der Waals surface area contributed by atoms with E-state index in [4.69, 9.17) is 24.1 Å². The van der Waals surface area contributed by atoms with Crippen LogP contribution < -0.4 is 9.64 Å². The Labute approximate surface area is 367 Å². The van der Waals surface area contributed by atoms with Crippen LogP contribution in [0.3, 0.4) is 0 Å². The zero-order valence-electron chi connectivity index (χ0n) is 34.3. The molecule has 1 aliphatic rings. The van der Waals surface area contributed by atoms with E-state index in [0.29, 0.717) is 17.5 Å². The highest BCUT2D eigenvalue weighted by Crippen LogP contribution is 2.53. The molecule has 0 fully saturated rings. The molecule has 0 spiro atoms. The number of ether oxygens (including phenoxy) is 1. The fourth-order valence-corrected chi connectivity index (χ4v) is 9.28. The van der Waals surface area contributed by atoms with E-state index in [-0.39, 0.29) is 0 Å². The van der Waals surface area contributed by atoms with E-state index < -0.39 is 0 Å². The zero-order chi connectivity index (χ0) is 42.1. The largest absolute Gasteiger partial charge is 0.456 e. The van der Waals surface area contributed by atoms with Crippen LogP contribution in [0.4, 0.5) is 17.1 Å². The molecule has 0 amide bonds. The van der Waals surface area contributed by atoms with Crippen molar-refractivity contribution >= 4 is 60.8 Å². The molecule has 3 aromatic heterocycles. The van der Waals surface area contributed by atoms with E-state index >= 15 is 0 Å². The van der Waals surface area contributed by atoms with Gasteiger partial charge in [0.25, 0.3) is 0 Å². The molecular weight excluding hydrogens is 787 g/mol. The third-order valence-electron chi connectivity index (χ3n) is 12.2. The van der Waals surface area contributed by atoms with Gasteiger partial charge in [0.15, 0.2) is 29.0 Å². The van der Waals surface area contributed by atoms with E-state index in [2.05, 4.69) is 137 Å². The van der Waals surface area contributed by atoms with Crippen LogP contribution in [-0.4, -0.2) is 19.5 Å². The Morgan fingerprint density at radius 1 is 0.359 bits per heavy atom. The lowest BCUT2D eigenvalue weighted by Crippen LogP contribution is -2.15. The van der Waals surface area contributed by atoms with E-state index in [0.717, 1.165) is 106 Å². The number of para-hydroxylation sites is 4. The molecule has 0 unspecified atom stereocenters. The molecule has 0 saturated heterocycles. The lowest BCUT2D eigenvalue weighted by molar-refractivity contribution is 0.477. The van der Waals surface area contributed by atoms with E-state index in [1.165, 1.54) is 0 Å². The van der Waals surface area contributed by atoms with Gasteiger partial charge in [0.1, 0.15) is 11.2 Å². The highest BCUT2D eigenvalue weighted by Gasteiger charge is 2.28. The lowest BCUT2D eigenvalue weighted by atomic mass is 9.99. The van der Waals surface area contributed by atoms with Gasteiger partial charge in [0.2, 0.25) is 0 Å². The summed E-state index contributed by atoms with van der Waals surface area (Å²) in [5.74, 6) is 3.43. The Bertz CT molecular complexity index is 3700. The predicted molar refractivity (Wildman–Crippen MR) is 258 cm³/mol. The van der Waals surface area contributed by atoms with Crippen molar-refractivity contribution in [1.82, 2.24) is 19.5 Å². The maximum atomic E-state index is 6.71. The van der Waals surface area contributed by atoms with Crippen molar-refractivity contribution in [1.29, 1.82) is 0 Å². The first kappa shape index (κ1) is 35.9. The molecule has 0 atom stereocenters. The van der Waals surface area contributed by atoms with Gasteiger partial charge in [-0.1, -0.05) is 133 Å². The predicted octanol–water partition coefficient (Wildman–Crippen LogP) is 15.1. The second kappa shape index (κ2) is 14.4. The average Bonchev–Trinajstić information content (AvgIpc) is 3.90. The molecule has 300 valence electrons. The Kier molecular flexibility index (Phi) is 8.08. The minimum Gasteiger partial charge on any atom is -0.456 e. The van der Waals surface area contributed by atoms with Crippen molar-refractivity contribution in [3.8, 4) is 62.5 Å². The summed E-state index contributed by atoms with van der Waals surface area (Å²) in [6, 6.07) is 73.3. The molecule has 0 aliphatic carbocycles. The molecule has 1 aliphatic heterocycles. The molecule has 64 heavy (non-hydrogen) atoms. The average molecular weight is 822 g/mol. The molecule has 7 nitrogen and oxygen atoms in total. The van der Waals surface area contributed by atoms with Gasteiger partial charge in [0.05, 0.1) is 22.4 Å². The molecule has 12 aromatic rings. The topological polar surface area (TPSA) is 69.2 Å². The van der Waals surface area contributed by atoms with Crippen molar-refractivity contribution in [2.75, 3.05) is 4.90 Å². The summed E-state index contributed by atoms with van der Waals surface area (Å²) < 4.78 is 15.6. The monoisotopic (exact) mass is 821 g/mol. The maximum Gasteiger partial charge on any atom is 0.164 e. The number of rotatable bonds is 6. The fraction of sp³-hybridized carbons (Fsp3) is 0. The molecular formula is C57H35N5O2. The summed E-state index contributed by atoms with van der Waals surface area (Å²) in [5, 5.41) is 4.20. The van der Waals surface area contributed by atoms with Gasteiger partial charge in [-0.15, -0.1) is 0 Å². The van der Waals surface area contributed by atoms with Crippen LogP contribution in [0.5, 0.6) is 11.5 Å². The molecule has 0 saturated carbocycles. The van der Waals surface area contributed by atoms with Gasteiger partial charge in [-0.3, -0.25) is 0 Å². The quantitative estimate of drug-likeness (QED) is 0.166. The minimum atomic E-state index is 0.584. The van der Waals surface area contributed by atoms with Crippen molar-refractivity contribution in [3.05, 3.63) is 212 Å². The van der Waals surface area contributed by atoms with Crippen molar-refractivity contribution in [3.63, 3.8) is 0 Å². The standard InChI is InChI=1S/C57H35N5O2/c1-5-16-36(17-6-1)55-58-56(37-18-7-2-8-19-37)60-57(59-55)42-24-15-27-52-54(42)45-33-39(29-31-50(45)63-52)38-28-30-46-43(32-38)44-34-49-53(35-48(44)61(46)40-20-9-3-10-21-40)64-51-26-14-13-25-47(51)62(49)41-22-11-4-12-23-41/h1-35H. The molecule has 0 N–H and O–H groups in total. The first-order chi connectivity index (χ1) is 31.7. The third-order valence-corrected chi connectivity index (χ3v) is 12.2. The maximum absolute atomic E-state index is 6.71. The summed E-state index contributed by atoms with van der Waals surface area (Å²) in [6.45, 7) is 0. The van der Waals surface area contributed by atoms with Gasteiger partial charge in [0, 0.05) is 55.7 Å². The van der Waals surface area contributed by atoms with Crippen LogP contribution in [0.1, 0.15) is 0 Å². The van der Waals surface area contributed by atoms with Gasteiger partial charge in [-0.2, -0.15) is 0 Å². The highest BCUT2D eigenvalue weighted by atomic mass is 16.5. The van der Waals surface area contributed by atoms with Crippen LogP contribution in [-0.2, 0) is 0 Å². The normalized spacial score (nSPS) is 12.2. The van der Waals surface area contributed by atoms with Crippen LogP contribution in [0.2, 0.25) is 0 Å². The second-order valence-corrected chi connectivity index (χ2v) is 16.0. The summed E-state index contributed by atoms with van der Waals surface area (Å²) in [5.41, 5.74) is 12.7. The summed E-state index contributed by atoms with van der Waals surface area (Å²) in [4.78, 5) is 17.4. The van der Waals surface area contributed by atoms with E-state index in [9.17, 15) is 0 Å². The molecule has 7 heteroatoms. The Hall–Kier alpha value is -8.81.